The summed E-state index contributed by atoms with van der Waals surface area (Å²) in [4.78, 5) is 0. The van der Waals surface area contributed by atoms with Crippen LogP contribution in [-0.2, 0) is 0 Å². The van der Waals surface area contributed by atoms with Crippen LogP contribution in [0.15, 0.2) is 5.38 Å². The predicted molar refractivity (Wildman–Crippen MR) is 60.9 cm³/mol. The van der Waals surface area contributed by atoms with E-state index in [1.165, 1.54) is 11.5 Å². The van der Waals surface area contributed by atoms with Crippen molar-refractivity contribution in [2.45, 2.75) is 19.9 Å². The highest BCUT2D eigenvalue weighted by Crippen LogP contribution is 2.25. The van der Waals surface area contributed by atoms with Crippen LogP contribution in [0.3, 0.4) is 0 Å². The second kappa shape index (κ2) is 4.73. The van der Waals surface area contributed by atoms with Crippen LogP contribution in [0.2, 0.25) is 0 Å². The number of rotatable bonds is 4. The fraction of sp³-hybridized carbons (Fsp3) is 0.500. The first kappa shape index (κ1) is 10.6. The molecule has 0 saturated heterocycles. The predicted octanol–water partition coefficient (Wildman–Crippen LogP) is 1.73. The molecule has 0 aromatic carbocycles. The number of nitrogens with one attached hydrogen (secondary N) is 1. The molecule has 0 radical (unpaired) electrons. The van der Waals surface area contributed by atoms with Gasteiger partial charge in [0.2, 0.25) is 0 Å². The van der Waals surface area contributed by atoms with E-state index in [-0.39, 0.29) is 6.04 Å². The summed E-state index contributed by atoms with van der Waals surface area (Å²) in [6.45, 7) is 5.07. The monoisotopic (exact) mass is 241 g/mol. The fourth-order valence-corrected chi connectivity index (χ4v) is 2.51. The van der Waals surface area contributed by atoms with E-state index in [1.54, 1.807) is 11.3 Å². The van der Waals surface area contributed by atoms with Gasteiger partial charge >= 0.3 is 0 Å². The average Bonchev–Trinajstić information content (AvgIpc) is 2.89. The third-order valence-corrected chi connectivity index (χ3v) is 3.53. The van der Waals surface area contributed by atoms with Gasteiger partial charge in [-0.1, -0.05) is 22.7 Å². The van der Waals surface area contributed by atoms with Crippen molar-refractivity contribution in [2.75, 3.05) is 6.54 Å². The molecule has 80 valence electrons. The lowest BCUT2D eigenvalue weighted by Gasteiger charge is -2.06. The summed E-state index contributed by atoms with van der Waals surface area (Å²) < 4.78 is 3.80. The molecule has 0 fully saturated rings. The van der Waals surface area contributed by atoms with E-state index >= 15 is 0 Å². The van der Waals surface area contributed by atoms with Crippen molar-refractivity contribution in [3.63, 3.8) is 0 Å². The Balaban J connectivity index is 2.17. The first-order chi connectivity index (χ1) is 7.31. The number of hydrogen-bond acceptors (Lipinski definition) is 7. The molecule has 2 rings (SSSR count). The summed E-state index contributed by atoms with van der Waals surface area (Å²) in [6.07, 6.45) is 0. The summed E-state index contributed by atoms with van der Waals surface area (Å²) in [5, 5.41) is 19.2. The minimum Gasteiger partial charge on any atom is -0.308 e. The first-order valence-electron chi connectivity index (χ1n) is 4.65. The van der Waals surface area contributed by atoms with Gasteiger partial charge in [-0.3, -0.25) is 0 Å². The lowest BCUT2D eigenvalue weighted by molar-refractivity contribution is 0.590. The maximum atomic E-state index is 4.13. The van der Waals surface area contributed by atoms with Crippen LogP contribution >= 0.6 is 22.9 Å². The van der Waals surface area contributed by atoms with Crippen molar-refractivity contribution in [1.82, 2.24) is 25.1 Å². The summed E-state index contributed by atoms with van der Waals surface area (Å²) in [5.74, 6) is 0. The lowest BCUT2D eigenvalue weighted by Crippen LogP contribution is -2.17. The van der Waals surface area contributed by atoms with Gasteiger partial charge in [-0.25, -0.2) is 0 Å². The normalized spacial score (nSPS) is 12.9. The molecule has 2 aromatic heterocycles. The van der Waals surface area contributed by atoms with Gasteiger partial charge in [0.05, 0.1) is 6.04 Å². The van der Waals surface area contributed by atoms with Crippen LogP contribution in [0.5, 0.6) is 0 Å². The molecule has 0 amide bonds. The molecule has 0 aliphatic rings. The Labute approximate surface area is 95.7 Å². The van der Waals surface area contributed by atoms with Crippen molar-refractivity contribution in [3.05, 3.63) is 10.4 Å². The minimum atomic E-state index is 0.243. The van der Waals surface area contributed by atoms with Gasteiger partial charge < -0.3 is 5.32 Å². The van der Waals surface area contributed by atoms with Crippen molar-refractivity contribution in [2.24, 2.45) is 0 Å². The molecule has 2 aromatic rings. The molecule has 1 atom stereocenters. The second-order valence-electron chi connectivity index (χ2n) is 3.01. The topological polar surface area (TPSA) is 63.6 Å². The molecular formula is C8H11N5S2. The summed E-state index contributed by atoms with van der Waals surface area (Å²) in [5.41, 5.74) is 0.812. The van der Waals surface area contributed by atoms with Crippen LogP contribution in [0.1, 0.15) is 24.9 Å². The number of nitrogens with zero attached hydrogens (tertiary/aromatic N) is 4. The van der Waals surface area contributed by atoms with Crippen molar-refractivity contribution < 1.29 is 0 Å². The Kier molecular flexibility index (Phi) is 3.34. The van der Waals surface area contributed by atoms with Crippen molar-refractivity contribution in [3.8, 4) is 10.7 Å². The average molecular weight is 241 g/mol. The van der Waals surface area contributed by atoms with Crippen molar-refractivity contribution in [1.29, 1.82) is 0 Å². The third kappa shape index (κ3) is 2.36. The van der Waals surface area contributed by atoms with E-state index in [1.807, 2.05) is 5.38 Å². The minimum absolute atomic E-state index is 0.243. The SMILES string of the molecule is CCNC(C)c1nnc(-c2csnn2)s1. The van der Waals surface area contributed by atoms with E-state index in [2.05, 4.69) is 38.9 Å². The summed E-state index contributed by atoms with van der Waals surface area (Å²) >= 11 is 2.88. The van der Waals surface area contributed by atoms with Gasteiger partial charge in [-0.15, -0.1) is 15.3 Å². The maximum absolute atomic E-state index is 4.13. The summed E-state index contributed by atoms with van der Waals surface area (Å²) in [7, 11) is 0. The Morgan fingerprint density at radius 3 is 2.93 bits per heavy atom. The number of hydrogen-bond donors (Lipinski definition) is 1. The van der Waals surface area contributed by atoms with Crippen LogP contribution in [0.4, 0.5) is 0 Å². The molecule has 0 saturated carbocycles. The molecule has 15 heavy (non-hydrogen) atoms. The van der Waals surface area contributed by atoms with Crippen LogP contribution in [0.25, 0.3) is 10.7 Å². The highest BCUT2D eigenvalue weighted by molar-refractivity contribution is 7.15. The summed E-state index contributed by atoms with van der Waals surface area (Å²) in [6, 6.07) is 0.243. The lowest BCUT2D eigenvalue weighted by atomic mass is 10.3. The first-order valence-corrected chi connectivity index (χ1v) is 6.30. The van der Waals surface area contributed by atoms with E-state index in [0.717, 1.165) is 22.3 Å². The molecule has 1 unspecified atom stereocenters. The molecule has 0 spiro atoms. The molecular weight excluding hydrogens is 230 g/mol. The maximum Gasteiger partial charge on any atom is 0.169 e. The second-order valence-corrected chi connectivity index (χ2v) is 4.63. The fourth-order valence-electron chi connectivity index (χ4n) is 1.16. The van der Waals surface area contributed by atoms with Gasteiger partial charge in [-0.2, -0.15) is 0 Å². The van der Waals surface area contributed by atoms with Gasteiger partial charge in [0.15, 0.2) is 5.01 Å². The molecule has 0 aliphatic carbocycles. The van der Waals surface area contributed by atoms with E-state index < -0.39 is 0 Å². The molecule has 7 heteroatoms. The Morgan fingerprint density at radius 2 is 2.27 bits per heavy atom. The Morgan fingerprint density at radius 1 is 1.40 bits per heavy atom. The van der Waals surface area contributed by atoms with Crippen LogP contribution < -0.4 is 5.32 Å². The third-order valence-electron chi connectivity index (χ3n) is 1.90. The van der Waals surface area contributed by atoms with E-state index in [4.69, 9.17) is 0 Å². The zero-order valence-corrected chi connectivity index (χ0v) is 10.1. The molecule has 0 bridgehead atoms. The van der Waals surface area contributed by atoms with Gasteiger partial charge in [-0.05, 0) is 25.0 Å². The smallest absolute Gasteiger partial charge is 0.169 e. The van der Waals surface area contributed by atoms with E-state index in [9.17, 15) is 0 Å². The molecule has 1 N–H and O–H groups in total. The molecule has 0 aliphatic heterocycles. The number of aromatic nitrogens is 4. The van der Waals surface area contributed by atoms with Crippen molar-refractivity contribution >= 4 is 22.9 Å². The quantitative estimate of drug-likeness (QED) is 0.883. The zero-order chi connectivity index (χ0) is 10.7. The molecule has 5 nitrogen and oxygen atoms in total. The van der Waals surface area contributed by atoms with Crippen LogP contribution in [-0.4, -0.2) is 26.3 Å². The van der Waals surface area contributed by atoms with Crippen LogP contribution in [0, 0.1) is 0 Å². The Hall–Kier alpha value is -0.920. The van der Waals surface area contributed by atoms with Gasteiger partial charge in [0.1, 0.15) is 10.7 Å². The zero-order valence-electron chi connectivity index (χ0n) is 8.47. The van der Waals surface area contributed by atoms with Gasteiger partial charge in [0.25, 0.3) is 0 Å². The highest BCUT2D eigenvalue weighted by Gasteiger charge is 2.13. The molecule has 2 heterocycles. The largest absolute Gasteiger partial charge is 0.308 e. The van der Waals surface area contributed by atoms with E-state index in [0.29, 0.717) is 0 Å². The standard InChI is InChI=1S/C8H11N5S2/c1-3-9-5(2)7-11-12-8(15-7)6-4-14-13-10-6/h4-5,9H,3H2,1-2H3. The Bertz CT molecular complexity index is 410. The van der Waals surface area contributed by atoms with Gasteiger partial charge in [0, 0.05) is 5.38 Å². The highest BCUT2D eigenvalue weighted by atomic mass is 32.1.